The van der Waals surface area contributed by atoms with Gasteiger partial charge in [-0.25, -0.2) is 0 Å². The van der Waals surface area contributed by atoms with Gasteiger partial charge in [-0.05, 0) is 32.2 Å². The van der Waals surface area contributed by atoms with Gasteiger partial charge in [0.2, 0.25) is 0 Å². The Bertz CT molecular complexity index is 222. The Labute approximate surface area is 105 Å². The molecule has 1 saturated carbocycles. The van der Waals surface area contributed by atoms with Crippen LogP contribution in [0.25, 0.3) is 0 Å². The Kier molecular flexibility index (Phi) is 5.26. The third-order valence-corrected chi connectivity index (χ3v) is 4.59. The van der Waals surface area contributed by atoms with E-state index in [0.29, 0.717) is 24.7 Å². The van der Waals surface area contributed by atoms with Crippen LogP contribution >= 0.6 is 0 Å². The summed E-state index contributed by atoms with van der Waals surface area (Å²) < 4.78 is 0. The molecule has 0 aromatic carbocycles. The number of hydrogen-bond donors (Lipinski definition) is 2. The van der Waals surface area contributed by atoms with Crippen molar-refractivity contribution in [1.29, 1.82) is 0 Å². The average molecular weight is 240 g/mol. The van der Waals surface area contributed by atoms with Crippen LogP contribution in [0, 0.1) is 0 Å². The summed E-state index contributed by atoms with van der Waals surface area (Å²) in [7, 11) is 0. The number of nitrogens with two attached hydrogens (primary N) is 1. The second-order valence-corrected chi connectivity index (χ2v) is 5.79. The molecule has 1 saturated heterocycles. The minimum atomic E-state index is 0.309. The number of likely N-dealkylation sites (tertiary alicyclic amines) is 1. The van der Waals surface area contributed by atoms with E-state index < -0.39 is 0 Å². The first-order valence-electron chi connectivity index (χ1n) is 7.45. The zero-order valence-corrected chi connectivity index (χ0v) is 11.0. The van der Waals surface area contributed by atoms with E-state index >= 15 is 0 Å². The molecule has 3 heteroatoms. The fraction of sp³-hybridized carbons (Fsp3) is 1.00. The lowest BCUT2D eigenvalue weighted by molar-refractivity contribution is 0.0693. The van der Waals surface area contributed by atoms with E-state index in [1.54, 1.807) is 0 Å². The lowest BCUT2D eigenvalue weighted by Gasteiger charge is -2.38. The molecule has 2 rings (SSSR count). The standard InChI is InChI=1S/C14H28N2O/c15-13-8-4-1-5-9-14(13)16-10-6-2-3-7-12(16)11-17/h12-14,17H,1-11,15H2. The van der Waals surface area contributed by atoms with Crippen LogP contribution in [0.2, 0.25) is 0 Å². The van der Waals surface area contributed by atoms with Crippen LogP contribution in [0.3, 0.4) is 0 Å². The van der Waals surface area contributed by atoms with Gasteiger partial charge in [-0.3, -0.25) is 4.90 Å². The fourth-order valence-corrected chi connectivity index (χ4v) is 3.56. The van der Waals surface area contributed by atoms with Crippen molar-refractivity contribution in [2.45, 2.75) is 75.9 Å². The first kappa shape index (κ1) is 13.3. The van der Waals surface area contributed by atoms with E-state index in [2.05, 4.69) is 4.90 Å². The molecule has 0 bridgehead atoms. The first-order valence-corrected chi connectivity index (χ1v) is 7.45. The van der Waals surface area contributed by atoms with E-state index in [4.69, 9.17) is 5.73 Å². The molecule has 0 amide bonds. The lowest BCUT2D eigenvalue weighted by atomic mass is 9.99. The Balaban J connectivity index is 2.04. The fourth-order valence-electron chi connectivity index (χ4n) is 3.56. The molecule has 17 heavy (non-hydrogen) atoms. The molecule has 1 heterocycles. The number of nitrogens with zero attached hydrogens (tertiary/aromatic N) is 1. The van der Waals surface area contributed by atoms with Gasteiger partial charge >= 0.3 is 0 Å². The van der Waals surface area contributed by atoms with Gasteiger partial charge in [-0.1, -0.05) is 32.1 Å². The number of aliphatic hydroxyl groups is 1. The summed E-state index contributed by atoms with van der Waals surface area (Å²) in [4.78, 5) is 2.54. The van der Waals surface area contributed by atoms with E-state index in [1.165, 1.54) is 51.4 Å². The van der Waals surface area contributed by atoms with Crippen LogP contribution < -0.4 is 5.73 Å². The molecule has 3 unspecified atom stereocenters. The molecule has 100 valence electrons. The normalized spacial score (nSPS) is 37.4. The van der Waals surface area contributed by atoms with Gasteiger partial charge in [0.25, 0.3) is 0 Å². The number of hydrogen-bond acceptors (Lipinski definition) is 3. The minimum absolute atomic E-state index is 0.309. The molecule has 1 aliphatic carbocycles. The SMILES string of the molecule is NC1CCCCCC1N1CCCCCC1CO. The molecular weight excluding hydrogens is 212 g/mol. The molecule has 0 spiro atoms. The maximum absolute atomic E-state index is 9.59. The second-order valence-electron chi connectivity index (χ2n) is 5.79. The molecule has 1 aliphatic heterocycles. The maximum atomic E-state index is 9.59. The Hall–Kier alpha value is -0.120. The Morgan fingerprint density at radius 3 is 2.47 bits per heavy atom. The molecule has 0 aromatic heterocycles. The van der Waals surface area contributed by atoms with Crippen molar-refractivity contribution < 1.29 is 5.11 Å². The highest BCUT2D eigenvalue weighted by molar-refractivity contribution is 4.89. The minimum Gasteiger partial charge on any atom is -0.395 e. The van der Waals surface area contributed by atoms with Crippen LogP contribution in [-0.4, -0.2) is 41.3 Å². The maximum Gasteiger partial charge on any atom is 0.0586 e. The van der Waals surface area contributed by atoms with Gasteiger partial charge in [0, 0.05) is 18.1 Å². The lowest BCUT2D eigenvalue weighted by Crippen LogP contribution is -2.52. The zero-order chi connectivity index (χ0) is 12.1. The third kappa shape index (κ3) is 3.43. The average Bonchev–Trinajstić information content (AvgIpc) is 2.68. The van der Waals surface area contributed by atoms with Gasteiger partial charge < -0.3 is 10.8 Å². The summed E-state index contributed by atoms with van der Waals surface area (Å²) in [6.45, 7) is 1.45. The van der Waals surface area contributed by atoms with Crippen molar-refractivity contribution in [2.24, 2.45) is 5.73 Å². The summed E-state index contributed by atoms with van der Waals surface area (Å²) in [5.41, 5.74) is 6.35. The zero-order valence-electron chi connectivity index (χ0n) is 11.0. The van der Waals surface area contributed by atoms with Gasteiger partial charge in [-0.15, -0.1) is 0 Å². The monoisotopic (exact) mass is 240 g/mol. The highest BCUT2D eigenvalue weighted by Gasteiger charge is 2.31. The van der Waals surface area contributed by atoms with Crippen molar-refractivity contribution in [1.82, 2.24) is 4.90 Å². The molecule has 0 radical (unpaired) electrons. The highest BCUT2D eigenvalue weighted by Crippen LogP contribution is 2.26. The summed E-state index contributed by atoms with van der Waals surface area (Å²) in [6.07, 6.45) is 11.3. The van der Waals surface area contributed by atoms with Crippen molar-refractivity contribution >= 4 is 0 Å². The van der Waals surface area contributed by atoms with Crippen molar-refractivity contribution in [3.8, 4) is 0 Å². The summed E-state index contributed by atoms with van der Waals surface area (Å²) in [5.74, 6) is 0. The smallest absolute Gasteiger partial charge is 0.0586 e. The molecule has 2 aliphatic rings. The van der Waals surface area contributed by atoms with E-state index in [9.17, 15) is 5.11 Å². The van der Waals surface area contributed by atoms with Crippen LogP contribution in [0.5, 0.6) is 0 Å². The van der Waals surface area contributed by atoms with E-state index in [-0.39, 0.29) is 0 Å². The van der Waals surface area contributed by atoms with Gasteiger partial charge in [0.1, 0.15) is 0 Å². The molecule has 3 nitrogen and oxygen atoms in total. The Morgan fingerprint density at radius 1 is 0.941 bits per heavy atom. The molecule has 3 atom stereocenters. The van der Waals surface area contributed by atoms with Crippen LogP contribution in [0.1, 0.15) is 57.8 Å². The van der Waals surface area contributed by atoms with E-state index in [0.717, 1.165) is 13.0 Å². The van der Waals surface area contributed by atoms with Crippen LogP contribution in [0.15, 0.2) is 0 Å². The first-order chi connectivity index (χ1) is 8.33. The molecule has 0 aromatic rings. The third-order valence-electron chi connectivity index (χ3n) is 4.59. The van der Waals surface area contributed by atoms with Gasteiger partial charge in [0.15, 0.2) is 0 Å². The predicted molar refractivity (Wildman–Crippen MR) is 70.9 cm³/mol. The van der Waals surface area contributed by atoms with Gasteiger partial charge in [0.05, 0.1) is 6.61 Å². The molecular formula is C14H28N2O. The molecule has 3 N–H and O–H groups in total. The number of rotatable bonds is 2. The largest absolute Gasteiger partial charge is 0.395 e. The topological polar surface area (TPSA) is 49.5 Å². The van der Waals surface area contributed by atoms with Crippen LogP contribution in [0.4, 0.5) is 0 Å². The van der Waals surface area contributed by atoms with Crippen LogP contribution in [-0.2, 0) is 0 Å². The second kappa shape index (κ2) is 6.72. The van der Waals surface area contributed by atoms with Gasteiger partial charge in [-0.2, -0.15) is 0 Å². The summed E-state index contributed by atoms with van der Waals surface area (Å²) in [5, 5.41) is 9.59. The summed E-state index contributed by atoms with van der Waals surface area (Å²) >= 11 is 0. The Morgan fingerprint density at radius 2 is 1.65 bits per heavy atom. The van der Waals surface area contributed by atoms with Crippen molar-refractivity contribution in [3.63, 3.8) is 0 Å². The molecule has 2 fully saturated rings. The van der Waals surface area contributed by atoms with Crippen molar-refractivity contribution in [2.75, 3.05) is 13.2 Å². The summed E-state index contributed by atoms with van der Waals surface area (Å²) in [6, 6.07) is 1.21. The highest BCUT2D eigenvalue weighted by atomic mass is 16.3. The van der Waals surface area contributed by atoms with E-state index in [1.807, 2.05) is 0 Å². The quantitative estimate of drug-likeness (QED) is 0.725. The number of aliphatic hydroxyl groups excluding tert-OH is 1. The van der Waals surface area contributed by atoms with Crippen molar-refractivity contribution in [3.05, 3.63) is 0 Å². The predicted octanol–water partition coefficient (Wildman–Crippen LogP) is 1.88.